The Labute approximate surface area is 134 Å². The van der Waals surface area contributed by atoms with Gasteiger partial charge in [-0.2, -0.15) is 0 Å². The number of aryl methyl sites for hydroxylation is 1. The van der Waals surface area contributed by atoms with Crippen LogP contribution in [0.2, 0.25) is 0 Å². The Morgan fingerprint density at radius 1 is 1.13 bits per heavy atom. The zero-order chi connectivity index (χ0) is 16.6. The topological polar surface area (TPSA) is 30.9 Å². The van der Waals surface area contributed by atoms with E-state index in [2.05, 4.69) is 16.7 Å². The first-order chi connectivity index (χ1) is 11.0. The largest absolute Gasteiger partial charge is 0.348 e. The number of halogens is 2. The second-order valence-corrected chi connectivity index (χ2v) is 5.94. The van der Waals surface area contributed by atoms with Crippen molar-refractivity contribution in [3.63, 3.8) is 0 Å². The van der Waals surface area contributed by atoms with Gasteiger partial charge in [-0.15, -0.1) is 0 Å². The molecule has 0 bridgehead atoms. The van der Waals surface area contributed by atoms with E-state index in [0.29, 0.717) is 12.0 Å². The molecule has 3 rings (SSSR count). The molecule has 1 aromatic heterocycles. The molecule has 23 heavy (non-hydrogen) atoms. The monoisotopic (exact) mass is 314 g/mol. The summed E-state index contributed by atoms with van der Waals surface area (Å²) in [6, 6.07) is 11.7. The first kappa shape index (κ1) is 15.7. The molecule has 0 aliphatic rings. The highest BCUT2D eigenvalue weighted by atomic mass is 19.1. The maximum absolute atomic E-state index is 14.1. The minimum absolute atomic E-state index is 0.254. The van der Waals surface area contributed by atoms with Gasteiger partial charge in [0.05, 0.1) is 0 Å². The quantitative estimate of drug-likeness (QED) is 0.774. The molecule has 0 spiro atoms. The van der Waals surface area contributed by atoms with Gasteiger partial charge in [0.1, 0.15) is 11.6 Å². The average molecular weight is 314 g/mol. The molecule has 0 aliphatic heterocycles. The molecule has 0 fully saturated rings. The molecule has 4 heteroatoms. The van der Waals surface area contributed by atoms with Gasteiger partial charge in [0.25, 0.3) is 0 Å². The molecule has 2 aromatic carbocycles. The fraction of sp³-hybridized carbons (Fsp3) is 0.263. The molecule has 2 nitrogen and oxygen atoms in total. The SMILES string of the molecule is Cc1c(CC(CN)c2cc(F)ccc2F)c2ccccc2n1C. The van der Waals surface area contributed by atoms with Crippen molar-refractivity contribution in [2.75, 3.05) is 6.54 Å². The third kappa shape index (κ3) is 2.75. The van der Waals surface area contributed by atoms with Crippen molar-refractivity contribution in [2.24, 2.45) is 12.8 Å². The standard InChI is InChI=1S/C19H20F2N2/c1-12-16(15-5-3-4-6-19(15)23(12)2)9-13(11-22)17-10-14(20)7-8-18(17)21/h3-8,10,13H,9,11,22H2,1-2H3. The number of nitrogens with zero attached hydrogens (tertiary/aromatic N) is 1. The van der Waals surface area contributed by atoms with Crippen LogP contribution in [0.5, 0.6) is 0 Å². The van der Waals surface area contributed by atoms with E-state index in [1.807, 2.05) is 26.1 Å². The number of para-hydroxylation sites is 1. The van der Waals surface area contributed by atoms with Gasteiger partial charge >= 0.3 is 0 Å². The lowest BCUT2D eigenvalue weighted by Gasteiger charge is -2.17. The number of fused-ring (bicyclic) bond motifs is 1. The minimum atomic E-state index is -0.436. The summed E-state index contributed by atoms with van der Waals surface area (Å²) in [5.41, 5.74) is 9.63. The predicted octanol–water partition coefficient (Wildman–Crippen LogP) is 4.05. The molecular weight excluding hydrogens is 294 g/mol. The predicted molar refractivity (Wildman–Crippen MR) is 89.5 cm³/mol. The summed E-state index contributed by atoms with van der Waals surface area (Å²) in [5, 5.41) is 1.14. The Hall–Kier alpha value is -2.20. The molecule has 0 amide bonds. The van der Waals surface area contributed by atoms with Gasteiger partial charge in [0.2, 0.25) is 0 Å². The second kappa shape index (κ2) is 6.13. The molecule has 0 saturated heterocycles. The van der Waals surface area contributed by atoms with Crippen LogP contribution in [-0.4, -0.2) is 11.1 Å². The van der Waals surface area contributed by atoms with Crippen LogP contribution in [0.3, 0.4) is 0 Å². The fourth-order valence-electron chi connectivity index (χ4n) is 3.25. The molecule has 1 heterocycles. The van der Waals surface area contributed by atoms with Crippen molar-refractivity contribution in [3.05, 3.63) is 70.9 Å². The molecule has 0 aliphatic carbocycles. The van der Waals surface area contributed by atoms with Crippen LogP contribution in [0.4, 0.5) is 8.78 Å². The second-order valence-electron chi connectivity index (χ2n) is 5.94. The summed E-state index contributed by atoms with van der Waals surface area (Å²) in [5.74, 6) is -1.09. The molecule has 1 atom stereocenters. The van der Waals surface area contributed by atoms with Gasteiger partial charge < -0.3 is 10.3 Å². The average Bonchev–Trinajstić information content (AvgIpc) is 2.80. The van der Waals surface area contributed by atoms with Crippen LogP contribution >= 0.6 is 0 Å². The number of hydrogen-bond acceptors (Lipinski definition) is 1. The summed E-state index contributed by atoms with van der Waals surface area (Å²) in [4.78, 5) is 0. The van der Waals surface area contributed by atoms with Crippen molar-refractivity contribution in [2.45, 2.75) is 19.3 Å². The van der Waals surface area contributed by atoms with Crippen LogP contribution < -0.4 is 5.73 Å². The van der Waals surface area contributed by atoms with E-state index >= 15 is 0 Å². The van der Waals surface area contributed by atoms with E-state index in [-0.39, 0.29) is 12.5 Å². The molecule has 2 N–H and O–H groups in total. The highest BCUT2D eigenvalue weighted by Gasteiger charge is 2.20. The summed E-state index contributed by atoms with van der Waals surface area (Å²) >= 11 is 0. The van der Waals surface area contributed by atoms with Gasteiger partial charge in [0.15, 0.2) is 0 Å². The fourth-order valence-corrected chi connectivity index (χ4v) is 3.25. The third-order valence-corrected chi connectivity index (χ3v) is 4.66. The van der Waals surface area contributed by atoms with Crippen LogP contribution in [0.25, 0.3) is 10.9 Å². The van der Waals surface area contributed by atoms with E-state index in [0.717, 1.165) is 28.2 Å². The summed E-state index contributed by atoms with van der Waals surface area (Å²) in [6.07, 6.45) is 0.587. The maximum atomic E-state index is 14.1. The number of aromatic nitrogens is 1. The lowest BCUT2D eigenvalue weighted by molar-refractivity contribution is 0.557. The van der Waals surface area contributed by atoms with E-state index in [1.54, 1.807) is 0 Å². The van der Waals surface area contributed by atoms with Gasteiger partial charge in [-0.25, -0.2) is 8.78 Å². The first-order valence-corrected chi connectivity index (χ1v) is 7.70. The molecular formula is C19H20F2N2. The van der Waals surface area contributed by atoms with Crippen LogP contribution in [-0.2, 0) is 13.5 Å². The van der Waals surface area contributed by atoms with Crippen molar-refractivity contribution in [1.29, 1.82) is 0 Å². The van der Waals surface area contributed by atoms with E-state index in [9.17, 15) is 8.78 Å². The Balaban J connectivity index is 2.06. The highest BCUT2D eigenvalue weighted by Crippen LogP contribution is 2.31. The first-order valence-electron chi connectivity index (χ1n) is 7.70. The Morgan fingerprint density at radius 3 is 2.61 bits per heavy atom. The molecule has 120 valence electrons. The van der Waals surface area contributed by atoms with Crippen LogP contribution in [0.1, 0.15) is 22.7 Å². The van der Waals surface area contributed by atoms with E-state index in [1.165, 1.54) is 12.1 Å². The lowest BCUT2D eigenvalue weighted by atomic mass is 9.90. The summed E-state index contributed by atoms with van der Waals surface area (Å²) < 4.78 is 29.7. The van der Waals surface area contributed by atoms with Crippen molar-refractivity contribution < 1.29 is 8.78 Å². The normalized spacial score (nSPS) is 12.7. The number of rotatable bonds is 4. The Morgan fingerprint density at radius 2 is 1.87 bits per heavy atom. The number of nitrogens with two attached hydrogens (primary N) is 1. The van der Waals surface area contributed by atoms with Gasteiger partial charge in [-0.3, -0.25) is 0 Å². The molecule has 0 radical (unpaired) electrons. The maximum Gasteiger partial charge on any atom is 0.126 e. The van der Waals surface area contributed by atoms with E-state index in [4.69, 9.17) is 5.73 Å². The van der Waals surface area contributed by atoms with Crippen molar-refractivity contribution in [1.82, 2.24) is 4.57 Å². The molecule has 0 saturated carbocycles. The zero-order valence-electron chi connectivity index (χ0n) is 13.3. The van der Waals surface area contributed by atoms with Gasteiger partial charge in [-0.1, -0.05) is 18.2 Å². The van der Waals surface area contributed by atoms with Crippen molar-refractivity contribution >= 4 is 10.9 Å². The smallest absolute Gasteiger partial charge is 0.126 e. The number of benzene rings is 2. The van der Waals surface area contributed by atoms with E-state index < -0.39 is 11.6 Å². The Kier molecular flexibility index (Phi) is 4.18. The summed E-state index contributed by atoms with van der Waals surface area (Å²) in [7, 11) is 2.02. The third-order valence-electron chi connectivity index (χ3n) is 4.66. The zero-order valence-corrected chi connectivity index (χ0v) is 13.3. The summed E-state index contributed by atoms with van der Waals surface area (Å²) in [6.45, 7) is 2.31. The van der Waals surface area contributed by atoms with Crippen molar-refractivity contribution in [3.8, 4) is 0 Å². The lowest BCUT2D eigenvalue weighted by Crippen LogP contribution is -2.17. The number of hydrogen-bond donors (Lipinski definition) is 1. The van der Waals surface area contributed by atoms with Crippen LogP contribution in [0, 0.1) is 18.6 Å². The van der Waals surface area contributed by atoms with Gasteiger partial charge in [-0.05, 0) is 55.3 Å². The molecule has 3 aromatic rings. The van der Waals surface area contributed by atoms with Gasteiger partial charge in [0, 0.05) is 29.6 Å². The Bertz CT molecular complexity index is 852. The minimum Gasteiger partial charge on any atom is -0.348 e. The molecule has 1 unspecified atom stereocenters. The van der Waals surface area contributed by atoms with Crippen LogP contribution in [0.15, 0.2) is 42.5 Å². The highest BCUT2D eigenvalue weighted by molar-refractivity contribution is 5.85.